The molecule has 3 aromatic carbocycles. The molecular formula is C37H41F6N3O4. The average Bonchev–Trinajstić information content (AvgIpc) is 3.01. The molecule has 1 aliphatic rings. The van der Waals surface area contributed by atoms with Gasteiger partial charge >= 0.3 is 18.3 Å². The van der Waals surface area contributed by atoms with Crippen LogP contribution in [0.2, 0.25) is 0 Å². The lowest BCUT2D eigenvalue weighted by atomic mass is 9.74. The summed E-state index contributed by atoms with van der Waals surface area (Å²) in [5.74, 6) is -1.08. The van der Waals surface area contributed by atoms with Crippen LogP contribution in [0.3, 0.4) is 0 Å². The van der Waals surface area contributed by atoms with Crippen molar-refractivity contribution < 1.29 is 41.0 Å². The van der Waals surface area contributed by atoms with Crippen LogP contribution in [0.4, 0.5) is 26.3 Å². The molecule has 0 bridgehead atoms. The number of amides is 1. The fourth-order valence-electron chi connectivity index (χ4n) is 6.86. The molecule has 2 unspecified atom stereocenters. The van der Waals surface area contributed by atoms with E-state index in [2.05, 4.69) is 0 Å². The summed E-state index contributed by atoms with van der Waals surface area (Å²) >= 11 is 0. The lowest BCUT2D eigenvalue weighted by Gasteiger charge is -2.44. The first-order chi connectivity index (χ1) is 23.2. The van der Waals surface area contributed by atoms with Crippen molar-refractivity contribution in [3.8, 4) is 11.1 Å². The van der Waals surface area contributed by atoms with Gasteiger partial charge in [0.2, 0.25) is 5.91 Å². The first kappa shape index (κ1) is 38.4. The number of nitrogens with zero attached hydrogens (tertiary/aromatic N) is 2. The fraction of sp³-hybridized carbons (Fsp3) is 0.432. The number of fused-ring (bicyclic) bond motifs is 2. The summed E-state index contributed by atoms with van der Waals surface area (Å²) in [6, 6.07) is 15.6. The minimum Gasteiger partial charge on any atom is -0.481 e. The first-order valence-corrected chi connectivity index (χ1v) is 16.3. The van der Waals surface area contributed by atoms with E-state index in [4.69, 9.17) is 10.8 Å². The minimum absolute atomic E-state index is 0.0499. The molecule has 270 valence electrons. The Kier molecular flexibility index (Phi) is 11.4. The zero-order valence-electron chi connectivity index (χ0n) is 28.3. The Bertz CT molecular complexity index is 1940. The number of carboxylic acids is 1. The second-order valence-electron chi connectivity index (χ2n) is 13.6. The molecule has 1 saturated heterocycles. The van der Waals surface area contributed by atoms with Crippen LogP contribution in [-0.2, 0) is 29.2 Å². The highest BCUT2D eigenvalue weighted by atomic mass is 19.4. The Morgan fingerprint density at radius 1 is 0.960 bits per heavy atom. The van der Waals surface area contributed by atoms with E-state index in [0.29, 0.717) is 35.6 Å². The monoisotopic (exact) mass is 705 g/mol. The van der Waals surface area contributed by atoms with Crippen molar-refractivity contribution in [1.29, 1.82) is 0 Å². The number of nitrogens with two attached hydrogens (primary N) is 1. The molecule has 13 heteroatoms. The summed E-state index contributed by atoms with van der Waals surface area (Å²) in [6.07, 6.45) is -7.35. The van der Waals surface area contributed by atoms with Crippen molar-refractivity contribution in [2.24, 2.45) is 24.1 Å². The molecule has 0 aliphatic carbocycles. The van der Waals surface area contributed by atoms with Gasteiger partial charge in [-0.3, -0.25) is 19.3 Å². The predicted octanol–water partition coefficient (Wildman–Crippen LogP) is 7.95. The SMILES string of the molecule is CC(C)CC1CC(C)(C(N)=O)CCN1CC(F)(F)F.Cn1c(=O)c(-c2cccc3c(CCC(=O)O)cccc23)c(C(F)(F)F)c2ccccc21. The molecule has 1 amide bonds. The Labute approximate surface area is 285 Å². The smallest absolute Gasteiger partial charge is 0.417 e. The Hall–Kier alpha value is -4.39. The third-order valence-electron chi connectivity index (χ3n) is 9.35. The van der Waals surface area contributed by atoms with Crippen molar-refractivity contribution >= 4 is 33.6 Å². The standard InChI is InChI=1S/C24H18F3NO3.C13H23F3N2O/c1-28-19-11-3-2-7-18(19)22(24(25,26)27)21(23(28)31)17-10-5-8-15-14(12-13-20(29)30)6-4-9-16(15)17;1-9(2)6-10-7-12(3,11(17)19)4-5-18(10)8-13(14,15)16/h2-11H,12-13H2,1H3,(H,29,30);9-10H,4-8H2,1-3H3,(H2,17,19). The third kappa shape index (κ3) is 8.66. The predicted molar refractivity (Wildman–Crippen MR) is 180 cm³/mol. The Morgan fingerprint density at radius 3 is 2.18 bits per heavy atom. The van der Waals surface area contributed by atoms with E-state index < -0.39 is 52.9 Å². The molecule has 0 saturated carbocycles. The van der Waals surface area contributed by atoms with Crippen LogP contribution in [0, 0.1) is 11.3 Å². The molecule has 4 aromatic rings. The summed E-state index contributed by atoms with van der Waals surface area (Å²) in [5, 5.41) is 10.1. The number of aromatic nitrogens is 1. The molecule has 5 rings (SSSR count). The molecule has 1 fully saturated rings. The molecule has 7 nitrogen and oxygen atoms in total. The lowest BCUT2D eigenvalue weighted by Crippen LogP contribution is -2.53. The summed E-state index contributed by atoms with van der Waals surface area (Å²) in [5.41, 5.74) is 3.67. The summed E-state index contributed by atoms with van der Waals surface area (Å²) in [6.45, 7) is 5.08. The van der Waals surface area contributed by atoms with E-state index in [9.17, 15) is 40.7 Å². The molecule has 1 aliphatic heterocycles. The Balaban J connectivity index is 0.000000255. The van der Waals surface area contributed by atoms with Crippen molar-refractivity contribution in [2.75, 3.05) is 13.1 Å². The minimum atomic E-state index is -4.74. The summed E-state index contributed by atoms with van der Waals surface area (Å²) < 4.78 is 81.7. The van der Waals surface area contributed by atoms with Crippen LogP contribution in [0.5, 0.6) is 0 Å². The number of aryl methyl sites for hydroxylation is 2. The van der Waals surface area contributed by atoms with Gasteiger partial charge < -0.3 is 15.4 Å². The van der Waals surface area contributed by atoms with Gasteiger partial charge in [-0.1, -0.05) is 75.4 Å². The number of rotatable bonds is 8. The van der Waals surface area contributed by atoms with Gasteiger partial charge in [-0.2, -0.15) is 26.3 Å². The normalized spacial score (nSPS) is 18.7. The van der Waals surface area contributed by atoms with Crippen molar-refractivity contribution in [3.05, 3.63) is 82.1 Å². The van der Waals surface area contributed by atoms with E-state index >= 15 is 0 Å². The van der Waals surface area contributed by atoms with Gasteiger partial charge in [-0.25, -0.2) is 0 Å². The third-order valence-corrected chi connectivity index (χ3v) is 9.35. The van der Waals surface area contributed by atoms with Crippen LogP contribution < -0.4 is 11.3 Å². The van der Waals surface area contributed by atoms with E-state index in [1.807, 2.05) is 13.8 Å². The zero-order valence-corrected chi connectivity index (χ0v) is 28.3. The van der Waals surface area contributed by atoms with Gasteiger partial charge in [0.05, 0.1) is 23.2 Å². The topological polar surface area (TPSA) is 106 Å². The number of hydrogen-bond acceptors (Lipinski definition) is 4. The average molecular weight is 706 g/mol. The molecule has 3 N–H and O–H groups in total. The van der Waals surface area contributed by atoms with Gasteiger partial charge in [0.1, 0.15) is 0 Å². The lowest BCUT2D eigenvalue weighted by molar-refractivity contribution is -0.160. The fourth-order valence-corrected chi connectivity index (χ4v) is 6.86. The summed E-state index contributed by atoms with van der Waals surface area (Å²) in [4.78, 5) is 37.1. The van der Waals surface area contributed by atoms with Crippen LogP contribution >= 0.6 is 0 Å². The first-order valence-electron chi connectivity index (χ1n) is 16.3. The number of primary amides is 1. The van der Waals surface area contributed by atoms with E-state index in [-0.39, 0.29) is 47.8 Å². The quantitative estimate of drug-likeness (QED) is 0.181. The number of halogens is 6. The molecule has 2 atom stereocenters. The maximum Gasteiger partial charge on any atom is 0.417 e. The van der Waals surface area contributed by atoms with Crippen molar-refractivity contribution in [2.45, 2.75) is 71.3 Å². The van der Waals surface area contributed by atoms with Crippen LogP contribution in [0.15, 0.2) is 65.5 Å². The number of benzene rings is 3. The van der Waals surface area contributed by atoms with Gasteiger partial charge in [-0.05, 0) is 66.1 Å². The van der Waals surface area contributed by atoms with Crippen LogP contribution in [0.1, 0.15) is 57.6 Å². The van der Waals surface area contributed by atoms with Gasteiger partial charge in [-0.15, -0.1) is 0 Å². The molecule has 2 heterocycles. The number of carbonyl (C=O) groups excluding carboxylic acids is 1. The second kappa shape index (κ2) is 14.8. The van der Waals surface area contributed by atoms with Gasteiger partial charge in [0.15, 0.2) is 0 Å². The number of piperidine rings is 1. The number of carbonyl (C=O) groups is 2. The maximum atomic E-state index is 14.3. The molecule has 0 spiro atoms. The molecular weight excluding hydrogens is 664 g/mol. The highest BCUT2D eigenvalue weighted by molar-refractivity contribution is 6.01. The molecule has 0 radical (unpaired) electrons. The highest BCUT2D eigenvalue weighted by Crippen LogP contribution is 2.42. The van der Waals surface area contributed by atoms with Crippen molar-refractivity contribution in [3.63, 3.8) is 0 Å². The second-order valence-corrected chi connectivity index (χ2v) is 13.6. The Morgan fingerprint density at radius 2 is 1.58 bits per heavy atom. The number of likely N-dealkylation sites (tertiary alicyclic amines) is 1. The van der Waals surface area contributed by atoms with Crippen LogP contribution in [0.25, 0.3) is 32.8 Å². The van der Waals surface area contributed by atoms with E-state index in [1.165, 1.54) is 40.8 Å². The van der Waals surface area contributed by atoms with Crippen molar-refractivity contribution in [1.82, 2.24) is 9.47 Å². The van der Waals surface area contributed by atoms with E-state index in [1.54, 1.807) is 43.3 Å². The number of hydrogen-bond donors (Lipinski definition) is 2. The summed E-state index contributed by atoms with van der Waals surface area (Å²) in [7, 11) is 1.46. The highest BCUT2D eigenvalue weighted by Gasteiger charge is 2.44. The largest absolute Gasteiger partial charge is 0.481 e. The van der Waals surface area contributed by atoms with Crippen LogP contribution in [-0.4, -0.2) is 51.8 Å². The van der Waals surface area contributed by atoms with Gasteiger partial charge in [0.25, 0.3) is 5.56 Å². The number of pyridine rings is 1. The number of alkyl halides is 6. The molecule has 1 aromatic heterocycles. The number of carboxylic acid groups (broad SMARTS) is 1. The molecule has 50 heavy (non-hydrogen) atoms. The van der Waals surface area contributed by atoms with Gasteiger partial charge in [0, 0.05) is 30.3 Å². The van der Waals surface area contributed by atoms with E-state index in [0.717, 1.165) is 0 Å². The zero-order chi connectivity index (χ0) is 37.2. The number of para-hydroxylation sites is 1. The maximum absolute atomic E-state index is 14.3. The number of aliphatic carboxylic acids is 1.